The van der Waals surface area contributed by atoms with Crippen molar-refractivity contribution in [2.75, 3.05) is 17.2 Å². The predicted molar refractivity (Wildman–Crippen MR) is 109 cm³/mol. The number of rotatable bonds is 7. The van der Waals surface area contributed by atoms with E-state index in [9.17, 15) is 9.59 Å². The molecule has 0 saturated heterocycles. The zero-order valence-corrected chi connectivity index (χ0v) is 15.5. The smallest absolute Gasteiger partial charge is 0.338 e. The number of benzene rings is 2. The molecule has 1 aromatic heterocycles. The number of anilines is 3. The lowest BCUT2D eigenvalue weighted by atomic mass is 10.1. The number of pyridine rings is 1. The van der Waals surface area contributed by atoms with Crippen LogP contribution in [0.2, 0.25) is 0 Å². The van der Waals surface area contributed by atoms with E-state index in [2.05, 4.69) is 15.6 Å². The van der Waals surface area contributed by atoms with Crippen LogP contribution in [0.5, 0.6) is 0 Å². The first-order chi connectivity index (χ1) is 13.6. The van der Waals surface area contributed by atoms with Gasteiger partial charge in [-0.05, 0) is 48.9 Å². The number of aromatic nitrogens is 1. The van der Waals surface area contributed by atoms with Gasteiger partial charge in [0.2, 0.25) is 5.91 Å². The van der Waals surface area contributed by atoms with Crippen molar-refractivity contribution in [2.45, 2.75) is 13.3 Å². The zero-order chi connectivity index (χ0) is 19.8. The Morgan fingerprint density at radius 3 is 2.29 bits per heavy atom. The second-order valence-corrected chi connectivity index (χ2v) is 6.07. The Hall–Kier alpha value is -3.67. The molecular weight excluding hydrogens is 354 g/mol. The van der Waals surface area contributed by atoms with Gasteiger partial charge in [0.25, 0.3) is 0 Å². The SMILES string of the molecule is CCOC(=O)c1ccc(Nc2ccc(NC(=O)Cc3ccccc3)nc2)cc1. The highest BCUT2D eigenvalue weighted by Gasteiger charge is 2.07. The van der Waals surface area contributed by atoms with Crippen LogP contribution in [0, 0.1) is 0 Å². The van der Waals surface area contributed by atoms with Crippen LogP contribution in [0.25, 0.3) is 0 Å². The fourth-order valence-electron chi connectivity index (χ4n) is 2.58. The minimum Gasteiger partial charge on any atom is -0.462 e. The molecule has 0 unspecified atom stereocenters. The molecule has 142 valence electrons. The first kappa shape index (κ1) is 19.1. The summed E-state index contributed by atoms with van der Waals surface area (Å²) in [4.78, 5) is 28.0. The quantitative estimate of drug-likeness (QED) is 0.606. The zero-order valence-electron chi connectivity index (χ0n) is 15.5. The second-order valence-electron chi connectivity index (χ2n) is 6.07. The minimum atomic E-state index is -0.341. The van der Waals surface area contributed by atoms with Gasteiger partial charge in [0.05, 0.1) is 30.5 Å². The number of carbonyl (C=O) groups is 2. The molecule has 0 bridgehead atoms. The van der Waals surface area contributed by atoms with Crippen molar-refractivity contribution >= 4 is 29.1 Å². The van der Waals surface area contributed by atoms with E-state index in [4.69, 9.17) is 4.74 Å². The standard InChI is InChI=1S/C22H21N3O3/c1-2-28-22(27)17-8-10-18(11-9-17)24-19-12-13-20(23-15-19)25-21(26)14-16-6-4-3-5-7-16/h3-13,15,24H,2,14H2,1H3,(H,23,25,26). The van der Waals surface area contributed by atoms with Crippen LogP contribution in [0.4, 0.5) is 17.2 Å². The van der Waals surface area contributed by atoms with E-state index in [1.807, 2.05) is 36.4 Å². The van der Waals surface area contributed by atoms with Gasteiger partial charge in [0.15, 0.2) is 0 Å². The second kappa shape index (κ2) is 9.32. The first-order valence-corrected chi connectivity index (χ1v) is 8.98. The molecule has 0 spiro atoms. The van der Waals surface area contributed by atoms with Gasteiger partial charge in [0, 0.05) is 5.69 Å². The summed E-state index contributed by atoms with van der Waals surface area (Å²) < 4.78 is 4.96. The molecule has 0 aliphatic carbocycles. The number of esters is 1. The molecular formula is C22H21N3O3. The number of hydrogen-bond acceptors (Lipinski definition) is 5. The van der Waals surface area contributed by atoms with E-state index in [0.717, 1.165) is 16.9 Å². The average molecular weight is 375 g/mol. The molecule has 2 aromatic carbocycles. The molecule has 28 heavy (non-hydrogen) atoms. The summed E-state index contributed by atoms with van der Waals surface area (Å²) in [5, 5.41) is 5.98. The monoisotopic (exact) mass is 375 g/mol. The summed E-state index contributed by atoms with van der Waals surface area (Å²) in [6.45, 7) is 2.12. The van der Waals surface area contributed by atoms with Crippen LogP contribution in [-0.2, 0) is 16.0 Å². The number of nitrogens with zero attached hydrogens (tertiary/aromatic N) is 1. The fourth-order valence-corrected chi connectivity index (χ4v) is 2.58. The third kappa shape index (κ3) is 5.41. The highest BCUT2D eigenvalue weighted by Crippen LogP contribution is 2.18. The van der Waals surface area contributed by atoms with Crippen molar-refractivity contribution in [1.82, 2.24) is 4.98 Å². The maximum atomic E-state index is 12.1. The minimum absolute atomic E-state index is 0.117. The van der Waals surface area contributed by atoms with Gasteiger partial charge in [-0.15, -0.1) is 0 Å². The molecule has 3 rings (SSSR count). The Morgan fingerprint density at radius 1 is 0.929 bits per heavy atom. The van der Waals surface area contributed by atoms with Crippen molar-refractivity contribution < 1.29 is 14.3 Å². The largest absolute Gasteiger partial charge is 0.462 e. The molecule has 1 heterocycles. The van der Waals surface area contributed by atoms with Crippen molar-refractivity contribution in [3.05, 3.63) is 84.1 Å². The van der Waals surface area contributed by atoms with Gasteiger partial charge in [-0.3, -0.25) is 4.79 Å². The van der Waals surface area contributed by atoms with Crippen LogP contribution in [0.15, 0.2) is 72.9 Å². The molecule has 3 aromatic rings. The lowest BCUT2D eigenvalue weighted by molar-refractivity contribution is -0.115. The third-order valence-electron chi connectivity index (χ3n) is 3.92. The molecule has 0 aliphatic heterocycles. The molecule has 0 radical (unpaired) electrons. The maximum absolute atomic E-state index is 12.1. The number of ether oxygens (including phenoxy) is 1. The van der Waals surface area contributed by atoms with E-state index in [1.54, 1.807) is 43.5 Å². The fraction of sp³-hybridized carbons (Fsp3) is 0.136. The van der Waals surface area contributed by atoms with E-state index in [0.29, 0.717) is 24.4 Å². The van der Waals surface area contributed by atoms with Gasteiger partial charge < -0.3 is 15.4 Å². The van der Waals surface area contributed by atoms with Gasteiger partial charge in [0.1, 0.15) is 5.82 Å². The predicted octanol–water partition coefficient (Wildman–Crippen LogP) is 4.18. The molecule has 0 aliphatic rings. The van der Waals surface area contributed by atoms with E-state index in [1.165, 1.54) is 0 Å². The molecule has 2 N–H and O–H groups in total. The Bertz CT molecular complexity index is 924. The Kier molecular flexibility index (Phi) is 6.36. The average Bonchev–Trinajstić information content (AvgIpc) is 2.71. The summed E-state index contributed by atoms with van der Waals surface area (Å²) in [6.07, 6.45) is 1.94. The highest BCUT2D eigenvalue weighted by molar-refractivity contribution is 5.91. The Labute approximate surface area is 163 Å². The lowest BCUT2D eigenvalue weighted by Crippen LogP contribution is -2.15. The van der Waals surface area contributed by atoms with Gasteiger partial charge in [-0.2, -0.15) is 0 Å². The number of nitrogens with one attached hydrogen (secondary N) is 2. The van der Waals surface area contributed by atoms with Crippen molar-refractivity contribution in [3.63, 3.8) is 0 Å². The highest BCUT2D eigenvalue weighted by atomic mass is 16.5. The summed E-state index contributed by atoms with van der Waals surface area (Å²) >= 11 is 0. The summed E-state index contributed by atoms with van der Waals surface area (Å²) in [5.74, 6) is 0.0319. The van der Waals surface area contributed by atoms with Gasteiger partial charge in [-0.25, -0.2) is 9.78 Å². The van der Waals surface area contributed by atoms with E-state index < -0.39 is 0 Å². The number of amides is 1. The topological polar surface area (TPSA) is 80.3 Å². The maximum Gasteiger partial charge on any atom is 0.338 e. The number of hydrogen-bond donors (Lipinski definition) is 2. The first-order valence-electron chi connectivity index (χ1n) is 8.98. The Morgan fingerprint density at radius 2 is 1.64 bits per heavy atom. The molecule has 6 heteroatoms. The molecule has 1 amide bonds. The Balaban J connectivity index is 1.55. The normalized spacial score (nSPS) is 10.2. The summed E-state index contributed by atoms with van der Waals surface area (Å²) in [7, 11) is 0. The van der Waals surface area contributed by atoms with Crippen molar-refractivity contribution in [3.8, 4) is 0 Å². The van der Waals surface area contributed by atoms with Crippen LogP contribution in [0.1, 0.15) is 22.8 Å². The van der Waals surface area contributed by atoms with Gasteiger partial charge in [-0.1, -0.05) is 30.3 Å². The van der Waals surface area contributed by atoms with Crippen LogP contribution < -0.4 is 10.6 Å². The summed E-state index contributed by atoms with van der Waals surface area (Å²) in [5.41, 5.74) is 3.03. The van der Waals surface area contributed by atoms with Crippen LogP contribution in [0.3, 0.4) is 0 Å². The number of carbonyl (C=O) groups excluding carboxylic acids is 2. The van der Waals surface area contributed by atoms with E-state index >= 15 is 0 Å². The molecule has 6 nitrogen and oxygen atoms in total. The van der Waals surface area contributed by atoms with E-state index in [-0.39, 0.29) is 11.9 Å². The summed E-state index contributed by atoms with van der Waals surface area (Å²) in [6, 6.07) is 20.1. The van der Waals surface area contributed by atoms with Crippen molar-refractivity contribution in [2.24, 2.45) is 0 Å². The van der Waals surface area contributed by atoms with Crippen LogP contribution in [-0.4, -0.2) is 23.5 Å². The van der Waals surface area contributed by atoms with Crippen LogP contribution >= 0.6 is 0 Å². The molecule has 0 atom stereocenters. The molecule has 0 saturated carbocycles. The van der Waals surface area contributed by atoms with Crippen molar-refractivity contribution in [1.29, 1.82) is 0 Å². The molecule has 0 fully saturated rings. The van der Waals surface area contributed by atoms with Gasteiger partial charge >= 0.3 is 5.97 Å². The lowest BCUT2D eigenvalue weighted by Gasteiger charge is -2.09. The third-order valence-corrected chi connectivity index (χ3v) is 3.92.